The molecule has 3 N–H and O–H groups in total. The number of H-pyrrole nitrogens is 1. The predicted octanol–water partition coefficient (Wildman–Crippen LogP) is 2.99. The maximum Gasteiger partial charge on any atom is 0.258 e. The number of imidazole rings is 1. The van der Waals surface area contributed by atoms with Crippen molar-refractivity contribution >= 4 is 28.8 Å². The number of methoxy groups -OCH3 is 1. The summed E-state index contributed by atoms with van der Waals surface area (Å²) >= 11 is 0. The van der Waals surface area contributed by atoms with Crippen LogP contribution < -0.4 is 24.8 Å². The summed E-state index contributed by atoms with van der Waals surface area (Å²) in [6, 6.07) is 19.5. The van der Waals surface area contributed by atoms with Gasteiger partial charge >= 0.3 is 0 Å². The van der Waals surface area contributed by atoms with E-state index in [9.17, 15) is 14.4 Å². The molecule has 3 amide bonds. The first-order valence-corrected chi connectivity index (χ1v) is 14.3. The maximum atomic E-state index is 13.5. The van der Waals surface area contributed by atoms with Gasteiger partial charge in [0.15, 0.2) is 18.1 Å². The Morgan fingerprint density at radius 1 is 1.09 bits per heavy atom. The van der Waals surface area contributed by atoms with E-state index in [0.717, 1.165) is 22.4 Å². The zero-order chi connectivity index (χ0) is 29.8. The number of aryl methyl sites for hydroxylation is 1. The van der Waals surface area contributed by atoms with Gasteiger partial charge in [0.1, 0.15) is 17.7 Å². The molecule has 2 atom stereocenters. The van der Waals surface area contributed by atoms with Crippen molar-refractivity contribution in [1.82, 2.24) is 25.5 Å². The maximum absolute atomic E-state index is 13.5. The number of nitrogens with zero attached hydrogens (tertiary/aromatic N) is 2. The first kappa shape index (κ1) is 28.1. The molecule has 3 aromatic carbocycles. The summed E-state index contributed by atoms with van der Waals surface area (Å²) in [4.78, 5) is 48.8. The lowest BCUT2D eigenvalue weighted by molar-refractivity contribution is -0.133. The standard InChI is InChI=1S/C32H33N5O6/c1-41-27-11-8-21-16-28(27)42-19-30(38)33-17-20-6-9-22(10-7-20)43-26-14-15-37(18-25(26)36-32(21)40)31(39)13-12-29-34-23-4-2-3-5-24(23)35-29/h2-11,16,25-26H,12-15,17-19H2,1H3,(H,33,38)(H,34,35)(H,36,40)/t25-,26+/m0/s1. The molecule has 4 bridgehead atoms. The van der Waals surface area contributed by atoms with Crippen LogP contribution in [-0.2, 0) is 22.6 Å². The van der Waals surface area contributed by atoms with E-state index in [0.29, 0.717) is 56.0 Å². The molecule has 1 aromatic heterocycles. The normalized spacial score (nSPS) is 19.0. The molecule has 11 nitrogen and oxygen atoms in total. The summed E-state index contributed by atoms with van der Waals surface area (Å²) in [6.45, 7) is 0.890. The first-order chi connectivity index (χ1) is 20.9. The van der Waals surface area contributed by atoms with Gasteiger partial charge in [-0.25, -0.2) is 4.98 Å². The summed E-state index contributed by atoms with van der Waals surface area (Å²) < 4.78 is 17.4. The van der Waals surface area contributed by atoms with Crippen LogP contribution >= 0.6 is 0 Å². The number of piperidine rings is 1. The van der Waals surface area contributed by atoms with Crippen molar-refractivity contribution in [1.29, 1.82) is 0 Å². The van der Waals surface area contributed by atoms with E-state index < -0.39 is 6.04 Å². The topological polar surface area (TPSA) is 135 Å². The van der Waals surface area contributed by atoms with Crippen molar-refractivity contribution in [2.45, 2.75) is 38.0 Å². The molecule has 11 heteroatoms. The van der Waals surface area contributed by atoms with Crippen molar-refractivity contribution in [3.8, 4) is 17.2 Å². The van der Waals surface area contributed by atoms with Crippen LogP contribution in [-0.4, -0.2) is 71.5 Å². The molecular weight excluding hydrogens is 550 g/mol. The number of hydrogen-bond acceptors (Lipinski definition) is 7. The van der Waals surface area contributed by atoms with Gasteiger partial charge in [0, 0.05) is 44.5 Å². The van der Waals surface area contributed by atoms with Gasteiger partial charge < -0.3 is 34.7 Å². The molecule has 3 aliphatic heterocycles. The molecule has 7 rings (SSSR count). The third-order valence-electron chi connectivity index (χ3n) is 7.72. The van der Waals surface area contributed by atoms with Crippen LogP contribution in [0.5, 0.6) is 17.2 Å². The molecule has 1 fully saturated rings. The highest BCUT2D eigenvalue weighted by atomic mass is 16.5. The van der Waals surface area contributed by atoms with E-state index in [1.54, 1.807) is 23.1 Å². The Bertz CT molecular complexity index is 1600. The largest absolute Gasteiger partial charge is 0.493 e. The number of benzene rings is 3. The molecular formula is C32H33N5O6. The second-order valence-electron chi connectivity index (χ2n) is 10.6. The molecule has 0 aliphatic carbocycles. The second kappa shape index (κ2) is 12.4. The van der Waals surface area contributed by atoms with Crippen LogP contribution in [0.15, 0.2) is 66.7 Å². The number of carbonyl (C=O) groups is 3. The fraction of sp³-hybridized carbons (Fsp3) is 0.312. The monoisotopic (exact) mass is 583 g/mol. The van der Waals surface area contributed by atoms with Crippen LogP contribution in [0.1, 0.15) is 34.6 Å². The number of ether oxygens (including phenoxy) is 3. The third-order valence-corrected chi connectivity index (χ3v) is 7.72. The Morgan fingerprint density at radius 3 is 2.74 bits per heavy atom. The highest BCUT2D eigenvalue weighted by Crippen LogP contribution is 2.29. The summed E-state index contributed by atoms with van der Waals surface area (Å²) in [7, 11) is 1.49. The zero-order valence-electron chi connectivity index (χ0n) is 23.8. The first-order valence-electron chi connectivity index (χ1n) is 14.3. The number of aromatic nitrogens is 2. The minimum Gasteiger partial charge on any atom is -0.493 e. The number of carbonyl (C=O) groups excluding carboxylic acids is 3. The molecule has 222 valence electrons. The SMILES string of the molecule is COc1ccc2cc1OCC(=O)NCc1ccc(cc1)O[C@@H]1CCN(C(=O)CCc3nc4ccccc4[nH]3)C[C@@H]1NC2=O. The van der Waals surface area contributed by atoms with Crippen molar-refractivity contribution in [2.75, 3.05) is 26.8 Å². The molecule has 0 radical (unpaired) electrons. The van der Waals surface area contributed by atoms with Crippen molar-refractivity contribution in [2.24, 2.45) is 0 Å². The molecule has 0 saturated carbocycles. The molecule has 4 aromatic rings. The van der Waals surface area contributed by atoms with E-state index in [4.69, 9.17) is 14.2 Å². The number of para-hydroxylation sites is 2. The van der Waals surface area contributed by atoms with Gasteiger partial charge in [-0.3, -0.25) is 14.4 Å². The molecule has 43 heavy (non-hydrogen) atoms. The molecule has 0 unspecified atom stereocenters. The lowest BCUT2D eigenvalue weighted by atomic mass is 10.00. The summed E-state index contributed by atoms with van der Waals surface area (Å²) in [5, 5.41) is 5.91. The summed E-state index contributed by atoms with van der Waals surface area (Å²) in [5.41, 5.74) is 3.04. The van der Waals surface area contributed by atoms with Gasteiger partial charge in [0.25, 0.3) is 11.8 Å². The lowest BCUT2D eigenvalue weighted by Gasteiger charge is -2.39. The van der Waals surface area contributed by atoms with Crippen LogP contribution in [0, 0.1) is 0 Å². The Kier molecular flexibility index (Phi) is 8.12. The van der Waals surface area contributed by atoms with Gasteiger partial charge in [-0.05, 0) is 48.0 Å². The molecule has 0 spiro atoms. The van der Waals surface area contributed by atoms with Gasteiger partial charge in [0.05, 0.1) is 24.2 Å². The number of aromatic amines is 1. The number of amides is 3. The highest BCUT2D eigenvalue weighted by Gasteiger charge is 2.34. The third kappa shape index (κ3) is 6.56. The average molecular weight is 584 g/mol. The Morgan fingerprint density at radius 2 is 1.93 bits per heavy atom. The minimum atomic E-state index is -0.471. The van der Waals surface area contributed by atoms with E-state index in [-0.39, 0.29) is 36.2 Å². The van der Waals surface area contributed by atoms with E-state index >= 15 is 0 Å². The number of likely N-dealkylation sites (tertiary alicyclic amines) is 1. The number of rotatable bonds is 4. The summed E-state index contributed by atoms with van der Waals surface area (Å²) in [5.74, 6) is 1.40. The predicted molar refractivity (Wildman–Crippen MR) is 158 cm³/mol. The van der Waals surface area contributed by atoms with Crippen molar-refractivity contribution in [3.63, 3.8) is 0 Å². The zero-order valence-corrected chi connectivity index (χ0v) is 23.8. The van der Waals surface area contributed by atoms with E-state index in [2.05, 4.69) is 20.6 Å². The van der Waals surface area contributed by atoms with Crippen LogP contribution in [0.25, 0.3) is 11.0 Å². The second-order valence-corrected chi connectivity index (χ2v) is 10.6. The Labute approximate surface area is 248 Å². The Balaban J connectivity index is 1.21. The van der Waals surface area contributed by atoms with Crippen LogP contribution in [0.2, 0.25) is 0 Å². The van der Waals surface area contributed by atoms with Crippen molar-refractivity contribution < 1.29 is 28.6 Å². The van der Waals surface area contributed by atoms with Gasteiger partial charge in [-0.1, -0.05) is 24.3 Å². The lowest BCUT2D eigenvalue weighted by Crippen LogP contribution is -2.58. The van der Waals surface area contributed by atoms with Crippen molar-refractivity contribution in [3.05, 3.63) is 83.7 Å². The molecule has 4 heterocycles. The van der Waals surface area contributed by atoms with Crippen LogP contribution in [0.3, 0.4) is 0 Å². The average Bonchev–Trinajstić information content (AvgIpc) is 3.45. The number of fused-ring (bicyclic) bond motifs is 8. The molecule has 1 saturated heterocycles. The smallest absolute Gasteiger partial charge is 0.258 e. The van der Waals surface area contributed by atoms with Gasteiger partial charge in [0.2, 0.25) is 5.91 Å². The molecule has 3 aliphatic rings. The summed E-state index contributed by atoms with van der Waals surface area (Å²) in [6.07, 6.45) is 0.952. The van der Waals surface area contributed by atoms with Crippen LogP contribution in [0.4, 0.5) is 0 Å². The van der Waals surface area contributed by atoms with Gasteiger partial charge in [-0.2, -0.15) is 0 Å². The highest BCUT2D eigenvalue weighted by molar-refractivity contribution is 5.95. The number of hydrogen-bond donors (Lipinski definition) is 3. The van der Waals surface area contributed by atoms with E-state index in [1.807, 2.05) is 48.5 Å². The minimum absolute atomic E-state index is 0.0156. The fourth-order valence-corrected chi connectivity index (χ4v) is 5.38. The van der Waals surface area contributed by atoms with Gasteiger partial charge in [-0.15, -0.1) is 0 Å². The van der Waals surface area contributed by atoms with E-state index in [1.165, 1.54) is 7.11 Å². The number of nitrogens with one attached hydrogen (secondary N) is 3. The quantitative estimate of drug-likeness (QED) is 0.336. The fourth-order valence-electron chi connectivity index (χ4n) is 5.38. The Hall–Kier alpha value is -5.06.